The van der Waals surface area contributed by atoms with Crippen molar-refractivity contribution in [2.45, 2.75) is 23.8 Å². The van der Waals surface area contributed by atoms with Crippen molar-refractivity contribution >= 4 is 40.6 Å². The van der Waals surface area contributed by atoms with Crippen LogP contribution in [0.5, 0.6) is 0 Å². The van der Waals surface area contributed by atoms with Gasteiger partial charge in [-0.05, 0) is 12.8 Å². The predicted octanol–water partition coefficient (Wildman–Crippen LogP) is 0.654. The quantitative estimate of drug-likeness (QED) is 0.496. The summed E-state index contributed by atoms with van der Waals surface area (Å²) in [5, 5.41) is 0. The average Bonchev–Trinajstić information content (AvgIpc) is 2.36. The number of hydrogen-bond donors (Lipinski definition) is 1. The van der Waals surface area contributed by atoms with Crippen molar-refractivity contribution in [2.75, 3.05) is 0 Å². The molecule has 1 aliphatic carbocycles. The zero-order chi connectivity index (χ0) is 7.99. The molecule has 0 aromatic carbocycles. The van der Waals surface area contributed by atoms with Gasteiger partial charge in [-0.15, -0.1) is 0 Å². The molecule has 11 heavy (non-hydrogen) atoms. The first-order valence-electron chi connectivity index (χ1n) is 2.58. The summed E-state index contributed by atoms with van der Waals surface area (Å²) in [4.78, 5) is 0. The molecule has 0 spiro atoms. The Labute approximate surface area is 86.1 Å². The zero-order valence-corrected chi connectivity index (χ0v) is 5.63. The Hall–Kier alpha value is 0.900. The number of halogens is 3. The van der Waals surface area contributed by atoms with E-state index in [1.807, 2.05) is 0 Å². The van der Waals surface area contributed by atoms with Crippen molar-refractivity contribution in [1.82, 2.24) is 0 Å². The molecule has 7 heteroatoms. The second-order valence-electron chi connectivity index (χ2n) is 2.24. The van der Waals surface area contributed by atoms with Crippen LogP contribution in [0, 0.1) is 0 Å². The second-order valence-corrected chi connectivity index (χ2v) is 3.52. The fourth-order valence-corrected chi connectivity index (χ4v) is 1.32. The Morgan fingerprint density at radius 3 is 1.73 bits per heavy atom. The van der Waals surface area contributed by atoms with Crippen molar-refractivity contribution in [3.63, 3.8) is 0 Å². The van der Waals surface area contributed by atoms with Crippen LogP contribution in [0.4, 0.5) is 13.2 Å². The number of hydrogen-bond acceptors (Lipinski definition) is 1. The van der Waals surface area contributed by atoms with Crippen LogP contribution in [0.25, 0.3) is 0 Å². The fourth-order valence-electron chi connectivity index (χ4n) is 0.671. The molecule has 0 saturated heterocycles. The van der Waals surface area contributed by atoms with E-state index in [1.165, 1.54) is 0 Å². The molecule has 0 amide bonds. The van der Waals surface area contributed by atoms with E-state index in [0.717, 1.165) is 0 Å². The van der Waals surface area contributed by atoms with Gasteiger partial charge in [0.15, 0.2) is 15.8 Å². The molecule has 1 N–H and O–H groups in total. The minimum atomic E-state index is -4.52. The molecule has 0 aromatic rings. The first-order valence-corrected chi connectivity index (χ1v) is 3.68. The first kappa shape index (κ1) is 11.9. The molecule has 0 bridgehead atoms. The topological polar surface area (TPSA) is 37.3 Å². The van der Waals surface area contributed by atoms with E-state index in [0.29, 0.717) is 0 Å². The monoisotopic (exact) mass is 198 g/mol. The van der Waals surface area contributed by atoms with E-state index >= 15 is 0 Å². The van der Waals surface area contributed by atoms with Gasteiger partial charge < -0.3 is 4.55 Å². The molecular weight excluding hydrogens is 192 g/mol. The van der Waals surface area contributed by atoms with Gasteiger partial charge in [-0.1, -0.05) is 0 Å². The van der Waals surface area contributed by atoms with Gasteiger partial charge in [0, 0.05) is 0 Å². The summed E-state index contributed by atoms with van der Waals surface area (Å²) in [6.07, 6.45) is -4.97. The third-order valence-electron chi connectivity index (χ3n) is 1.56. The van der Waals surface area contributed by atoms with Gasteiger partial charge >= 0.3 is 35.7 Å². The molecule has 1 fully saturated rings. The van der Waals surface area contributed by atoms with E-state index in [9.17, 15) is 17.4 Å². The van der Waals surface area contributed by atoms with E-state index in [4.69, 9.17) is 4.55 Å². The molecule has 1 aliphatic rings. The standard InChI is InChI=1S/C4H5F3O2S.Na.H/c5-4(6,7)3(1-2-3)10(8)9;;/h1-2H2,(H,8,9);;. The zero-order valence-electron chi connectivity index (χ0n) is 4.81. The fraction of sp³-hybridized carbons (Fsp3) is 1.00. The Bertz CT molecular complexity index is 177. The predicted molar refractivity (Wildman–Crippen MR) is 35.9 cm³/mol. The van der Waals surface area contributed by atoms with Gasteiger partial charge in [0.2, 0.25) is 0 Å². The second kappa shape index (κ2) is 3.33. The number of rotatable bonds is 1. The molecule has 2 nitrogen and oxygen atoms in total. The normalized spacial score (nSPS) is 23.6. The summed E-state index contributed by atoms with van der Waals surface area (Å²) in [6.45, 7) is 0. The molecule has 0 heterocycles. The number of alkyl halides is 3. The van der Waals surface area contributed by atoms with Crippen molar-refractivity contribution < 1.29 is 21.9 Å². The maximum absolute atomic E-state index is 11.8. The van der Waals surface area contributed by atoms with Crippen LogP contribution < -0.4 is 0 Å². The molecule has 1 unspecified atom stereocenters. The van der Waals surface area contributed by atoms with Gasteiger partial charge in [-0.2, -0.15) is 13.2 Å². The Kier molecular flexibility index (Phi) is 3.61. The molecule has 1 atom stereocenters. The van der Waals surface area contributed by atoms with E-state index in [-0.39, 0.29) is 42.4 Å². The van der Waals surface area contributed by atoms with Crippen molar-refractivity contribution in [2.24, 2.45) is 0 Å². The Balaban J connectivity index is 0.000001000. The first-order chi connectivity index (χ1) is 4.40. The third kappa shape index (κ3) is 1.98. The van der Waals surface area contributed by atoms with Crippen LogP contribution in [-0.2, 0) is 11.1 Å². The van der Waals surface area contributed by atoms with E-state index in [2.05, 4.69) is 0 Å². The molecule has 62 valence electrons. The van der Waals surface area contributed by atoms with E-state index < -0.39 is 22.0 Å². The average molecular weight is 198 g/mol. The van der Waals surface area contributed by atoms with Crippen LogP contribution in [0.1, 0.15) is 12.8 Å². The molecule has 1 rings (SSSR count). The summed E-state index contributed by atoms with van der Waals surface area (Å²) in [6, 6.07) is 0. The molecule has 0 aliphatic heterocycles. The van der Waals surface area contributed by atoms with Crippen LogP contribution in [0.15, 0.2) is 0 Å². The molecule has 0 radical (unpaired) electrons. The van der Waals surface area contributed by atoms with Gasteiger partial charge in [-0.25, -0.2) is 4.21 Å². The van der Waals surface area contributed by atoms with Crippen LogP contribution in [0.3, 0.4) is 0 Å². The maximum atomic E-state index is 11.8. The Morgan fingerprint density at radius 2 is 1.73 bits per heavy atom. The van der Waals surface area contributed by atoms with Crippen LogP contribution >= 0.6 is 0 Å². The van der Waals surface area contributed by atoms with Gasteiger partial charge in [-0.3, -0.25) is 0 Å². The summed E-state index contributed by atoms with van der Waals surface area (Å²) >= 11 is -2.76. The van der Waals surface area contributed by atoms with Gasteiger partial charge in [0.05, 0.1) is 0 Å². The Morgan fingerprint density at radius 1 is 1.36 bits per heavy atom. The van der Waals surface area contributed by atoms with Crippen molar-refractivity contribution in [3.8, 4) is 0 Å². The van der Waals surface area contributed by atoms with Gasteiger partial charge in [0.25, 0.3) is 0 Å². The molecule has 0 aromatic heterocycles. The van der Waals surface area contributed by atoms with Crippen LogP contribution in [-0.4, -0.2) is 49.2 Å². The van der Waals surface area contributed by atoms with Crippen molar-refractivity contribution in [1.29, 1.82) is 0 Å². The van der Waals surface area contributed by atoms with Gasteiger partial charge in [0.1, 0.15) is 0 Å². The van der Waals surface area contributed by atoms with Crippen molar-refractivity contribution in [3.05, 3.63) is 0 Å². The summed E-state index contributed by atoms with van der Waals surface area (Å²) in [5.41, 5.74) is 0. The summed E-state index contributed by atoms with van der Waals surface area (Å²) in [7, 11) is 0. The van der Waals surface area contributed by atoms with Crippen LogP contribution in [0.2, 0.25) is 0 Å². The molecular formula is C4H6F3NaO2S. The molecule has 1 saturated carbocycles. The summed E-state index contributed by atoms with van der Waals surface area (Å²) < 4.78 is 51.4. The third-order valence-corrected chi connectivity index (χ3v) is 2.86. The van der Waals surface area contributed by atoms with E-state index in [1.54, 1.807) is 0 Å². The summed E-state index contributed by atoms with van der Waals surface area (Å²) in [5.74, 6) is 0. The minimum absolute atomic E-state index is 0. The SMILES string of the molecule is O=S(O)C1(C(F)(F)F)CC1.[NaH].